The first-order valence-corrected chi connectivity index (χ1v) is 9.07. The molecule has 0 aliphatic heterocycles. The third kappa shape index (κ3) is 7.52. The Kier molecular flexibility index (Phi) is 8.57. The second kappa shape index (κ2) is 11.1. The zero-order valence-corrected chi connectivity index (χ0v) is 16.4. The number of carbonyl (C=O) groups is 3. The molecule has 0 atom stereocenters. The van der Waals surface area contributed by atoms with E-state index < -0.39 is 23.6 Å². The molecule has 0 fully saturated rings. The molecule has 0 saturated heterocycles. The van der Waals surface area contributed by atoms with Crippen molar-refractivity contribution in [3.8, 4) is 0 Å². The summed E-state index contributed by atoms with van der Waals surface area (Å²) in [7, 11) is 1.49. The van der Waals surface area contributed by atoms with E-state index in [0.29, 0.717) is 11.4 Å². The van der Waals surface area contributed by atoms with E-state index in [0.717, 1.165) is 6.07 Å². The molecule has 9 heteroatoms. The van der Waals surface area contributed by atoms with Gasteiger partial charge in [0.2, 0.25) is 5.91 Å². The second-order valence-corrected chi connectivity index (χ2v) is 6.33. The molecule has 0 aliphatic carbocycles. The SMILES string of the molecule is COCCOC(=O)CCC(=O)Nc1cccc(C(=O)Nc2ccc(F)c(Cl)c2)c1. The number of hydrogen-bond acceptors (Lipinski definition) is 5. The van der Waals surface area contributed by atoms with Gasteiger partial charge in [0.1, 0.15) is 12.4 Å². The van der Waals surface area contributed by atoms with Gasteiger partial charge in [-0.25, -0.2) is 4.39 Å². The Morgan fingerprint density at radius 1 is 1.00 bits per heavy atom. The van der Waals surface area contributed by atoms with Crippen LogP contribution in [0.2, 0.25) is 5.02 Å². The number of halogens is 2. The van der Waals surface area contributed by atoms with E-state index in [9.17, 15) is 18.8 Å². The van der Waals surface area contributed by atoms with Crippen LogP contribution in [-0.2, 0) is 19.1 Å². The van der Waals surface area contributed by atoms with Crippen LogP contribution >= 0.6 is 11.6 Å². The fourth-order valence-corrected chi connectivity index (χ4v) is 2.45. The number of methoxy groups -OCH3 is 1. The molecule has 0 aromatic heterocycles. The first-order valence-electron chi connectivity index (χ1n) is 8.70. The minimum absolute atomic E-state index is 0.0592. The Bertz CT molecular complexity index is 891. The zero-order chi connectivity index (χ0) is 21.2. The second-order valence-electron chi connectivity index (χ2n) is 5.93. The van der Waals surface area contributed by atoms with E-state index in [1.54, 1.807) is 18.2 Å². The molecule has 2 rings (SSSR count). The predicted octanol–water partition coefficient (Wildman–Crippen LogP) is 3.64. The number of nitrogens with one attached hydrogen (secondary N) is 2. The standard InChI is InChI=1S/C20H20ClFN2O5/c1-28-9-10-29-19(26)8-7-18(25)23-14-4-2-3-13(11-14)20(27)24-15-5-6-17(22)16(21)12-15/h2-6,11-12H,7-10H2,1H3,(H,23,25)(H,24,27). The maximum atomic E-state index is 13.2. The minimum atomic E-state index is -0.586. The van der Waals surface area contributed by atoms with E-state index in [2.05, 4.69) is 10.6 Å². The Morgan fingerprint density at radius 3 is 2.48 bits per heavy atom. The van der Waals surface area contributed by atoms with Crippen molar-refractivity contribution in [3.63, 3.8) is 0 Å². The van der Waals surface area contributed by atoms with Crippen LogP contribution in [0.5, 0.6) is 0 Å². The molecule has 2 amide bonds. The van der Waals surface area contributed by atoms with E-state index in [1.165, 1.54) is 25.3 Å². The van der Waals surface area contributed by atoms with Crippen LogP contribution in [0.1, 0.15) is 23.2 Å². The summed E-state index contributed by atoms with van der Waals surface area (Å²) in [6.45, 7) is 0.421. The molecule has 0 bridgehead atoms. The van der Waals surface area contributed by atoms with E-state index in [4.69, 9.17) is 21.1 Å². The Labute approximate surface area is 172 Å². The lowest BCUT2D eigenvalue weighted by Crippen LogP contribution is -2.16. The Balaban J connectivity index is 1.89. The molecule has 0 saturated carbocycles. The number of carbonyl (C=O) groups excluding carboxylic acids is 3. The van der Waals surface area contributed by atoms with Gasteiger partial charge in [0, 0.05) is 30.5 Å². The van der Waals surface area contributed by atoms with E-state index in [-0.39, 0.29) is 36.6 Å². The van der Waals surface area contributed by atoms with E-state index >= 15 is 0 Å². The van der Waals surface area contributed by atoms with Gasteiger partial charge in [0.25, 0.3) is 5.91 Å². The summed E-state index contributed by atoms with van der Waals surface area (Å²) in [5.41, 5.74) is 1.01. The highest BCUT2D eigenvalue weighted by Crippen LogP contribution is 2.20. The summed E-state index contributed by atoms with van der Waals surface area (Å²) in [4.78, 5) is 35.8. The molecule has 29 heavy (non-hydrogen) atoms. The fourth-order valence-electron chi connectivity index (χ4n) is 2.27. The third-order valence-corrected chi connectivity index (χ3v) is 3.98. The highest BCUT2D eigenvalue weighted by molar-refractivity contribution is 6.31. The minimum Gasteiger partial charge on any atom is -0.463 e. The van der Waals surface area contributed by atoms with Gasteiger partial charge < -0.3 is 20.1 Å². The van der Waals surface area contributed by atoms with Gasteiger partial charge in [-0.05, 0) is 36.4 Å². The van der Waals surface area contributed by atoms with Gasteiger partial charge in [0.15, 0.2) is 0 Å². The fraction of sp³-hybridized carbons (Fsp3) is 0.250. The first kappa shape index (κ1) is 22.3. The van der Waals surface area contributed by atoms with Crippen molar-refractivity contribution in [2.24, 2.45) is 0 Å². The summed E-state index contributed by atoms with van der Waals surface area (Å²) >= 11 is 5.70. The van der Waals surface area contributed by atoms with Crippen LogP contribution in [-0.4, -0.2) is 38.1 Å². The van der Waals surface area contributed by atoms with Gasteiger partial charge in [-0.3, -0.25) is 14.4 Å². The summed E-state index contributed by atoms with van der Waals surface area (Å²) in [5, 5.41) is 5.11. The number of hydrogen-bond donors (Lipinski definition) is 2. The van der Waals surface area contributed by atoms with Crippen molar-refractivity contribution in [2.75, 3.05) is 31.0 Å². The number of rotatable bonds is 9. The maximum Gasteiger partial charge on any atom is 0.306 e. The van der Waals surface area contributed by atoms with Crippen molar-refractivity contribution in [1.82, 2.24) is 0 Å². The van der Waals surface area contributed by atoms with Crippen LogP contribution in [0.25, 0.3) is 0 Å². The molecule has 7 nitrogen and oxygen atoms in total. The van der Waals surface area contributed by atoms with Crippen molar-refractivity contribution in [1.29, 1.82) is 0 Å². The van der Waals surface area contributed by atoms with Gasteiger partial charge >= 0.3 is 5.97 Å². The number of ether oxygens (including phenoxy) is 2. The highest BCUT2D eigenvalue weighted by Gasteiger charge is 2.11. The monoisotopic (exact) mass is 422 g/mol. The van der Waals surface area contributed by atoms with Crippen LogP contribution in [0.15, 0.2) is 42.5 Å². The lowest BCUT2D eigenvalue weighted by Gasteiger charge is -2.09. The molecule has 0 aliphatic rings. The summed E-state index contributed by atoms with van der Waals surface area (Å²) in [6.07, 6.45) is -0.128. The van der Waals surface area contributed by atoms with Gasteiger partial charge in [-0.2, -0.15) is 0 Å². The molecule has 154 valence electrons. The average molecular weight is 423 g/mol. The van der Waals surface area contributed by atoms with E-state index in [1.807, 2.05) is 0 Å². The summed E-state index contributed by atoms with van der Waals surface area (Å²) < 4.78 is 22.8. The van der Waals surface area contributed by atoms with Crippen LogP contribution < -0.4 is 10.6 Å². The quantitative estimate of drug-likeness (QED) is 0.475. The average Bonchev–Trinajstić information content (AvgIpc) is 2.69. The number of anilines is 2. The van der Waals surface area contributed by atoms with Crippen LogP contribution in [0.3, 0.4) is 0 Å². The lowest BCUT2D eigenvalue weighted by atomic mass is 10.1. The Hall–Kier alpha value is -2.97. The van der Waals surface area contributed by atoms with Gasteiger partial charge in [0.05, 0.1) is 18.1 Å². The van der Waals surface area contributed by atoms with Gasteiger partial charge in [-0.1, -0.05) is 17.7 Å². The van der Waals surface area contributed by atoms with Crippen LogP contribution in [0.4, 0.5) is 15.8 Å². The molecule has 0 heterocycles. The summed E-state index contributed by atoms with van der Waals surface area (Å²) in [6, 6.07) is 10.1. The van der Waals surface area contributed by atoms with Crippen molar-refractivity contribution in [3.05, 3.63) is 58.9 Å². The van der Waals surface area contributed by atoms with Crippen molar-refractivity contribution in [2.45, 2.75) is 12.8 Å². The lowest BCUT2D eigenvalue weighted by molar-refractivity contribution is -0.145. The molecular formula is C20H20ClFN2O5. The zero-order valence-electron chi connectivity index (χ0n) is 15.7. The number of esters is 1. The molecule has 0 spiro atoms. The Morgan fingerprint density at radius 2 is 1.76 bits per heavy atom. The number of amides is 2. The summed E-state index contributed by atoms with van der Waals surface area (Å²) in [5.74, 6) is -1.93. The molecule has 2 aromatic rings. The smallest absolute Gasteiger partial charge is 0.306 e. The predicted molar refractivity (Wildman–Crippen MR) is 107 cm³/mol. The molecule has 0 radical (unpaired) electrons. The molecule has 2 aromatic carbocycles. The number of benzene rings is 2. The van der Waals surface area contributed by atoms with Gasteiger partial charge in [-0.15, -0.1) is 0 Å². The topological polar surface area (TPSA) is 93.7 Å². The third-order valence-electron chi connectivity index (χ3n) is 3.69. The normalized spacial score (nSPS) is 10.3. The van der Waals surface area contributed by atoms with Crippen LogP contribution in [0, 0.1) is 5.82 Å². The van der Waals surface area contributed by atoms with Crippen molar-refractivity contribution >= 4 is 40.8 Å². The maximum absolute atomic E-state index is 13.2. The molecule has 2 N–H and O–H groups in total. The highest BCUT2D eigenvalue weighted by atomic mass is 35.5. The molecule has 0 unspecified atom stereocenters. The van der Waals surface area contributed by atoms with Crippen molar-refractivity contribution < 1.29 is 28.2 Å². The largest absolute Gasteiger partial charge is 0.463 e. The molecular weight excluding hydrogens is 403 g/mol. The first-order chi connectivity index (χ1) is 13.9.